The standard InChI is InChI=1S/C18H29N5O3S/c1-2-26-12-6-9-19-16(25)14-7-5-10-22(13-14)17-20-21-18(27-17)23-11-4-3-8-15(23)24/h14H,2-13H2,1H3,(H,19,25)/t14-/m1/s1. The second-order valence-corrected chi connectivity index (χ2v) is 7.93. The number of ether oxygens (including phenoxy) is 1. The number of nitrogens with zero attached hydrogens (tertiary/aromatic N) is 4. The fourth-order valence-corrected chi connectivity index (χ4v) is 4.42. The summed E-state index contributed by atoms with van der Waals surface area (Å²) in [6, 6.07) is 0. The van der Waals surface area contributed by atoms with Gasteiger partial charge in [0.2, 0.25) is 22.1 Å². The van der Waals surface area contributed by atoms with Crippen LogP contribution in [0.15, 0.2) is 0 Å². The first kappa shape index (κ1) is 20.0. The van der Waals surface area contributed by atoms with Gasteiger partial charge in [0.05, 0.1) is 5.92 Å². The Kier molecular flexibility index (Phi) is 7.40. The molecule has 1 N–H and O–H groups in total. The van der Waals surface area contributed by atoms with Crippen LogP contribution in [0.1, 0.15) is 45.4 Å². The monoisotopic (exact) mass is 395 g/mol. The number of rotatable bonds is 8. The Hall–Kier alpha value is -1.74. The van der Waals surface area contributed by atoms with Crippen LogP contribution in [0.2, 0.25) is 0 Å². The normalized spacial score (nSPS) is 20.8. The maximum absolute atomic E-state index is 12.4. The van der Waals surface area contributed by atoms with Gasteiger partial charge in [-0.2, -0.15) is 0 Å². The van der Waals surface area contributed by atoms with Crippen molar-refractivity contribution in [2.75, 3.05) is 49.2 Å². The molecule has 0 spiro atoms. The number of piperidine rings is 2. The van der Waals surface area contributed by atoms with E-state index in [2.05, 4.69) is 20.4 Å². The number of amides is 2. The van der Waals surface area contributed by atoms with Crippen molar-refractivity contribution in [2.24, 2.45) is 5.92 Å². The van der Waals surface area contributed by atoms with E-state index < -0.39 is 0 Å². The van der Waals surface area contributed by atoms with Crippen molar-refractivity contribution in [3.63, 3.8) is 0 Å². The summed E-state index contributed by atoms with van der Waals surface area (Å²) in [4.78, 5) is 28.4. The third-order valence-corrected chi connectivity index (χ3v) is 6.00. The SMILES string of the molecule is CCOCCCNC(=O)[C@@H]1CCCN(c2nnc(N3CCCCC3=O)s2)C1. The lowest BCUT2D eigenvalue weighted by atomic mass is 9.97. The van der Waals surface area contributed by atoms with Crippen LogP contribution in [0.4, 0.5) is 10.3 Å². The highest BCUT2D eigenvalue weighted by molar-refractivity contribution is 7.19. The van der Waals surface area contributed by atoms with Crippen molar-refractivity contribution in [2.45, 2.75) is 45.4 Å². The number of carbonyl (C=O) groups excluding carboxylic acids is 2. The average Bonchev–Trinajstić information content (AvgIpc) is 3.18. The van der Waals surface area contributed by atoms with Gasteiger partial charge in [0, 0.05) is 45.8 Å². The van der Waals surface area contributed by atoms with E-state index in [0.717, 1.165) is 50.3 Å². The Morgan fingerprint density at radius 2 is 2.11 bits per heavy atom. The molecule has 2 fully saturated rings. The predicted molar refractivity (Wildman–Crippen MR) is 105 cm³/mol. The van der Waals surface area contributed by atoms with Crippen molar-refractivity contribution in [3.05, 3.63) is 0 Å². The molecule has 0 aromatic carbocycles. The van der Waals surface area contributed by atoms with Crippen molar-refractivity contribution in [1.29, 1.82) is 0 Å². The zero-order valence-electron chi connectivity index (χ0n) is 16.0. The average molecular weight is 396 g/mol. The molecule has 2 aliphatic rings. The van der Waals surface area contributed by atoms with E-state index in [1.165, 1.54) is 11.3 Å². The van der Waals surface area contributed by atoms with Gasteiger partial charge in [0.15, 0.2) is 0 Å². The molecule has 3 heterocycles. The van der Waals surface area contributed by atoms with Crippen LogP contribution in [-0.4, -0.2) is 61.4 Å². The summed E-state index contributed by atoms with van der Waals surface area (Å²) in [7, 11) is 0. The van der Waals surface area contributed by atoms with Crippen molar-refractivity contribution >= 4 is 33.4 Å². The van der Waals surface area contributed by atoms with Crippen molar-refractivity contribution in [1.82, 2.24) is 15.5 Å². The molecule has 0 bridgehead atoms. The van der Waals surface area contributed by atoms with Crippen LogP contribution in [0.3, 0.4) is 0 Å². The Morgan fingerprint density at radius 3 is 2.93 bits per heavy atom. The maximum atomic E-state index is 12.4. The zero-order chi connectivity index (χ0) is 19.1. The zero-order valence-corrected chi connectivity index (χ0v) is 16.8. The molecule has 27 heavy (non-hydrogen) atoms. The minimum atomic E-state index is -0.0326. The summed E-state index contributed by atoms with van der Waals surface area (Å²) in [5.74, 6) is 0.203. The molecule has 3 rings (SSSR count). The van der Waals surface area contributed by atoms with Gasteiger partial charge in [0.25, 0.3) is 0 Å². The third-order valence-electron chi connectivity index (χ3n) is 4.99. The molecular formula is C18H29N5O3S. The smallest absolute Gasteiger partial charge is 0.228 e. The van der Waals surface area contributed by atoms with E-state index in [0.29, 0.717) is 37.9 Å². The van der Waals surface area contributed by atoms with Crippen LogP contribution in [0.5, 0.6) is 0 Å². The fraction of sp³-hybridized carbons (Fsp3) is 0.778. The quantitative estimate of drug-likeness (QED) is 0.676. The number of hydrogen-bond donors (Lipinski definition) is 1. The number of nitrogens with one attached hydrogen (secondary N) is 1. The van der Waals surface area contributed by atoms with E-state index >= 15 is 0 Å². The van der Waals surface area contributed by atoms with Crippen LogP contribution < -0.4 is 15.1 Å². The lowest BCUT2D eigenvalue weighted by Crippen LogP contribution is -2.43. The highest BCUT2D eigenvalue weighted by Gasteiger charge is 2.29. The molecule has 2 amide bonds. The second kappa shape index (κ2) is 9.98. The molecule has 9 heteroatoms. The van der Waals surface area contributed by atoms with E-state index in [1.807, 2.05) is 6.92 Å². The van der Waals surface area contributed by atoms with Crippen LogP contribution in [-0.2, 0) is 14.3 Å². The first-order chi connectivity index (χ1) is 13.2. The van der Waals surface area contributed by atoms with Gasteiger partial charge in [-0.3, -0.25) is 14.5 Å². The summed E-state index contributed by atoms with van der Waals surface area (Å²) in [5.41, 5.74) is 0. The maximum Gasteiger partial charge on any atom is 0.228 e. The largest absolute Gasteiger partial charge is 0.382 e. The predicted octanol–water partition coefficient (Wildman–Crippen LogP) is 1.81. The Morgan fingerprint density at radius 1 is 1.26 bits per heavy atom. The van der Waals surface area contributed by atoms with E-state index in [4.69, 9.17) is 4.74 Å². The van der Waals surface area contributed by atoms with Crippen LogP contribution in [0.25, 0.3) is 0 Å². The molecule has 2 saturated heterocycles. The van der Waals surface area contributed by atoms with Crippen molar-refractivity contribution in [3.8, 4) is 0 Å². The summed E-state index contributed by atoms with van der Waals surface area (Å²) in [6.45, 7) is 6.25. The van der Waals surface area contributed by atoms with Gasteiger partial charge >= 0.3 is 0 Å². The number of anilines is 2. The van der Waals surface area contributed by atoms with Crippen LogP contribution >= 0.6 is 11.3 Å². The lowest BCUT2D eigenvalue weighted by Gasteiger charge is -2.31. The van der Waals surface area contributed by atoms with E-state index in [1.54, 1.807) is 4.90 Å². The Labute approximate surface area is 164 Å². The van der Waals surface area contributed by atoms with Gasteiger partial charge in [0.1, 0.15) is 0 Å². The van der Waals surface area contributed by atoms with Gasteiger partial charge in [-0.1, -0.05) is 11.3 Å². The first-order valence-electron chi connectivity index (χ1n) is 9.93. The molecule has 0 radical (unpaired) electrons. The minimum Gasteiger partial charge on any atom is -0.382 e. The fourth-order valence-electron chi connectivity index (χ4n) is 3.49. The second-order valence-electron chi connectivity index (χ2n) is 7.00. The highest BCUT2D eigenvalue weighted by atomic mass is 32.1. The first-order valence-corrected chi connectivity index (χ1v) is 10.7. The molecule has 0 aliphatic carbocycles. The molecule has 1 aromatic heterocycles. The number of carbonyl (C=O) groups is 2. The molecule has 150 valence electrons. The molecule has 1 aromatic rings. The van der Waals surface area contributed by atoms with Gasteiger partial charge in [-0.15, -0.1) is 10.2 Å². The minimum absolute atomic E-state index is 0.0326. The van der Waals surface area contributed by atoms with Crippen LogP contribution in [0, 0.1) is 5.92 Å². The molecule has 8 nitrogen and oxygen atoms in total. The summed E-state index contributed by atoms with van der Waals surface area (Å²) < 4.78 is 5.29. The molecule has 0 saturated carbocycles. The highest BCUT2D eigenvalue weighted by Crippen LogP contribution is 2.31. The lowest BCUT2D eigenvalue weighted by molar-refractivity contribution is -0.125. The molecular weight excluding hydrogens is 366 g/mol. The molecule has 1 atom stereocenters. The Bertz CT molecular complexity index is 638. The van der Waals surface area contributed by atoms with E-state index in [9.17, 15) is 9.59 Å². The van der Waals surface area contributed by atoms with Gasteiger partial charge in [-0.25, -0.2) is 0 Å². The molecule has 0 unspecified atom stereocenters. The third kappa shape index (κ3) is 5.38. The molecule has 2 aliphatic heterocycles. The Balaban J connectivity index is 1.52. The summed E-state index contributed by atoms with van der Waals surface area (Å²) in [6.07, 6.45) is 5.23. The number of aromatic nitrogens is 2. The van der Waals surface area contributed by atoms with Gasteiger partial charge in [-0.05, 0) is 39.0 Å². The number of hydrogen-bond acceptors (Lipinski definition) is 7. The summed E-state index contributed by atoms with van der Waals surface area (Å²) in [5, 5.41) is 13.0. The van der Waals surface area contributed by atoms with Gasteiger partial charge < -0.3 is 15.0 Å². The summed E-state index contributed by atoms with van der Waals surface area (Å²) >= 11 is 1.45. The topological polar surface area (TPSA) is 87.7 Å². The van der Waals surface area contributed by atoms with E-state index in [-0.39, 0.29) is 17.7 Å². The van der Waals surface area contributed by atoms with Crippen molar-refractivity contribution < 1.29 is 14.3 Å².